The summed E-state index contributed by atoms with van der Waals surface area (Å²) in [7, 11) is 0. The first-order chi connectivity index (χ1) is 11.3. The van der Waals surface area contributed by atoms with Gasteiger partial charge in [-0.25, -0.2) is 0 Å². The Morgan fingerprint density at radius 3 is 2.42 bits per heavy atom. The van der Waals surface area contributed by atoms with E-state index < -0.39 is 17.6 Å². The van der Waals surface area contributed by atoms with E-state index in [0.717, 1.165) is 43.5 Å². The van der Waals surface area contributed by atoms with Crippen molar-refractivity contribution in [3.63, 3.8) is 0 Å². The third-order valence-corrected chi connectivity index (χ3v) is 4.19. The fourth-order valence-corrected chi connectivity index (χ4v) is 2.84. The number of amides is 2. The Kier molecular flexibility index (Phi) is 5.82. The highest BCUT2D eigenvalue weighted by molar-refractivity contribution is 5.96. The molecule has 0 aliphatic heterocycles. The summed E-state index contributed by atoms with van der Waals surface area (Å²) in [5.41, 5.74) is 4.88. The van der Waals surface area contributed by atoms with Crippen LogP contribution in [0.15, 0.2) is 24.3 Å². The van der Waals surface area contributed by atoms with E-state index in [0.29, 0.717) is 6.54 Å². The van der Waals surface area contributed by atoms with E-state index in [1.807, 2.05) is 0 Å². The number of carbonyl (C=O) groups is 2. The summed E-state index contributed by atoms with van der Waals surface area (Å²) in [5.74, 6) is -0.680. The molecule has 2 amide bonds. The van der Waals surface area contributed by atoms with Crippen molar-refractivity contribution in [2.24, 2.45) is 11.7 Å². The van der Waals surface area contributed by atoms with E-state index in [9.17, 15) is 22.8 Å². The van der Waals surface area contributed by atoms with Crippen LogP contribution in [-0.4, -0.2) is 30.9 Å². The molecule has 0 aromatic heterocycles. The molecule has 1 saturated carbocycles. The molecule has 2 unspecified atom stereocenters. The summed E-state index contributed by atoms with van der Waals surface area (Å²) in [6.07, 6.45) is -1.61. The standard InChI is InChI=1S/C16H20F3N3O2/c17-16(18,19)12-6-4-10(5-7-12)15(24)21-9-14(23)22-13-3-1-2-11(13)8-20/h4-7,11,13H,1-3,8-9,20H2,(H,21,24)(H,22,23). The molecule has 0 bridgehead atoms. The van der Waals surface area contributed by atoms with E-state index in [4.69, 9.17) is 5.73 Å². The van der Waals surface area contributed by atoms with Gasteiger partial charge in [-0.2, -0.15) is 13.2 Å². The van der Waals surface area contributed by atoms with Crippen LogP contribution < -0.4 is 16.4 Å². The van der Waals surface area contributed by atoms with Gasteiger partial charge in [0.2, 0.25) is 5.91 Å². The minimum Gasteiger partial charge on any atom is -0.352 e. The lowest BCUT2D eigenvalue weighted by molar-refractivity contribution is -0.137. The van der Waals surface area contributed by atoms with Crippen LogP contribution in [0.4, 0.5) is 13.2 Å². The van der Waals surface area contributed by atoms with Gasteiger partial charge in [0.05, 0.1) is 12.1 Å². The van der Waals surface area contributed by atoms with Crippen LogP contribution in [0.3, 0.4) is 0 Å². The number of nitrogens with two attached hydrogens (primary N) is 1. The predicted molar refractivity (Wildman–Crippen MR) is 82.1 cm³/mol. The van der Waals surface area contributed by atoms with E-state index in [2.05, 4.69) is 10.6 Å². The first-order valence-electron chi connectivity index (χ1n) is 7.76. The molecule has 1 fully saturated rings. The highest BCUT2D eigenvalue weighted by Gasteiger charge is 2.30. The van der Waals surface area contributed by atoms with Crippen LogP contribution >= 0.6 is 0 Å². The SMILES string of the molecule is NCC1CCCC1NC(=O)CNC(=O)c1ccc(C(F)(F)F)cc1. The first-order valence-corrected chi connectivity index (χ1v) is 7.76. The van der Waals surface area contributed by atoms with Crippen LogP contribution in [-0.2, 0) is 11.0 Å². The summed E-state index contributed by atoms with van der Waals surface area (Å²) >= 11 is 0. The molecule has 5 nitrogen and oxygen atoms in total. The van der Waals surface area contributed by atoms with Crippen molar-refractivity contribution < 1.29 is 22.8 Å². The zero-order valence-electron chi connectivity index (χ0n) is 13.0. The minimum atomic E-state index is -4.45. The topological polar surface area (TPSA) is 84.2 Å². The molecule has 2 rings (SSSR count). The maximum absolute atomic E-state index is 12.5. The van der Waals surface area contributed by atoms with Gasteiger partial charge >= 0.3 is 6.18 Å². The van der Waals surface area contributed by atoms with Gasteiger partial charge in [-0.1, -0.05) is 6.42 Å². The molecular weight excluding hydrogens is 323 g/mol. The third-order valence-electron chi connectivity index (χ3n) is 4.19. The summed E-state index contributed by atoms with van der Waals surface area (Å²) < 4.78 is 37.4. The summed E-state index contributed by atoms with van der Waals surface area (Å²) in [5, 5.41) is 5.23. The van der Waals surface area contributed by atoms with Crippen molar-refractivity contribution in [2.75, 3.05) is 13.1 Å². The van der Waals surface area contributed by atoms with Crippen molar-refractivity contribution in [1.29, 1.82) is 0 Å². The molecule has 2 atom stereocenters. The zero-order valence-corrected chi connectivity index (χ0v) is 13.0. The van der Waals surface area contributed by atoms with Gasteiger partial charge in [-0.15, -0.1) is 0 Å². The van der Waals surface area contributed by atoms with Crippen molar-refractivity contribution in [3.05, 3.63) is 35.4 Å². The Morgan fingerprint density at radius 1 is 1.17 bits per heavy atom. The lowest BCUT2D eigenvalue weighted by atomic mass is 10.0. The van der Waals surface area contributed by atoms with Crippen LogP contribution in [0.2, 0.25) is 0 Å². The minimum absolute atomic E-state index is 0.0190. The zero-order chi connectivity index (χ0) is 17.7. The number of benzene rings is 1. The second kappa shape index (κ2) is 7.65. The smallest absolute Gasteiger partial charge is 0.352 e. The summed E-state index contributed by atoms with van der Waals surface area (Å²) in [6, 6.07) is 3.85. The average molecular weight is 343 g/mol. The second-order valence-corrected chi connectivity index (χ2v) is 5.86. The quantitative estimate of drug-likeness (QED) is 0.760. The van der Waals surface area contributed by atoms with Crippen molar-refractivity contribution in [2.45, 2.75) is 31.5 Å². The van der Waals surface area contributed by atoms with Crippen LogP contribution in [0, 0.1) is 5.92 Å². The van der Waals surface area contributed by atoms with Crippen molar-refractivity contribution in [3.8, 4) is 0 Å². The number of carbonyl (C=O) groups excluding carboxylic acids is 2. The predicted octanol–water partition coefficient (Wildman–Crippen LogP) is 1.68. The molecule has 0 radical (unpaired) electrons. The molecule has 8 heteroatoms. The Balaban J connectivity index is 1.83. The normalized spacial score (nSPS) is 20.7. The average Bonchev–Trinajstić information content (AvgIpc) is 2.99. The maximum atomic E-state index is 12.5. The van der Waals surface area contributed by atoms with Gasteiger partial charge < -0.3 is 16.4 Å². The maximum Gasteiger partial charge on any atom is 0.416 e. The molecule has 1 aromatic carbocycles. The molecule has 1 aliphatic carbocycles. The Hall–Kier alpha value is -2.09. The van der Waals surface area contributed by atoms with E-state index in [1.165, 1.54) is 0 Å². The number of nitrogens with one attached hydrogen (secondary N) is 2. The van der Waals surface area contributed by atoms with E-state index in [-0.39, 0.29) is 30.0 Å². The number of halogens is 3. The van der Waals surface area contributed by atoms with Crippen LogP contribution in [0.5, 0.6) is 0 Å². The molecule has 0 saturated heterocycles. The monoisotopic (exact) mass is 343 g/mol. The Labute approximate surface area is 137 Å². The van der Waals surface area contributed by atoms with E-state index >= 15 is 0 Å². The highest BCUT2D eigenvalue weighted by Crippen LogP contribution is 2.29. The number of alkyl halides is 3. The largest absolute Gasteiger partial charge is 0.416 e. The number of hydrogen-bond donors (Lipinski definition) is 3. The van der Waals surface area contributed by atoms with Crippen molar-refractivity contribution in [1.82, 2.24) is 10.6 Å². The van der Waals surface area contributed by atoms with Gasteiger partial charge in [-0.3, -0.25) is 9.59 Å². The van der Waals surface area contributed by atoms with Gasteiger partial charge in [-0.05, 0) is 49.6 Å². The first kappa shape index (κ1) is 18.3. The number of hydrogen-bond acceptors (Lipinski definition) is 3. The Bertz CT molecular complexity index is 587. The molecule has 24 heavy (non-hydrogen) atoms. The fraction of sp³-hybridized carbons (Fsp3) is 0.500. The molecule has 1 aromatic rings. The van der Waals surface area contributed by atoms with Crippen LogP contribution in [0.1, 0.15) is 35.2 Å². The Morgan fingerprint density at radius 2 is 1.83 bits per heavy atom. The lowest BCUT2D eigenvalue weighted by Gasteiger charge is -2.19. The molecule has 0 spiro atoms. The number of rotatable bonds is 5. The summed E-state index contributed by atoms with van der Waals surface area (Å²) in [4.78, 5) is 23.7. The van der Waals surface area contributed by atoms with Gasteiger partial charge in [0.15, 0.2) is 0 Å². The summed E-state index contributed by atoms with van der Waals surface area (Å²) in [6.45, 7) is 0.274. The van der Waals surface area contributed by atoms with Crippen LogP contribution in [0.25, 0.3) is 0 Å². The van der Waals surface area contributed by atoms with Gasteiger partial charge in [0.25, 0.3) is 5.91 Å². The van der Waals surface area contributed by atoms with E-state index in [1.54, 1.807) is 0 Å². The van der Waals surface area contributed by atoms with Gasteiger partial charge in [0.1, 0.15) is 0 Å². The molecular formula is C16H20F3N3O2. The lowest BCUT2D eigenvalue weighted by Crippen LogP contribution is -2.44. The molecule has 0 heterocycles. The molecule has 132 valence electrons. The molecule has 4 N–H and O–H groups in total. The fourth-order valence-electron chi connectivity index (χ4n) is 2.84. The second-order valence-electron chi connectivity index (χ2n) is 5.86. The molecule has 1 aliphatic rings. The van der Waals surface area contributed by atoms with Gasteiger partial charge in [0, 0.05) is 11.6 Å². The third kappa shape index (κ3) is 4.70. The van der Waals surface area contributed by atoms with Crippen molar-refractivity contribution >= 4 is 11.8 Å². The highest BCUT2D eigenvalue weighted by atomic mass is 19.4.